The molecular weight excluding hydrogens is 292 g/mol. The molecule has 0 atom stereocenters. The van der Waals surface area contributed by atoms with E-state index in [0.717, 1.165) is 0 Å². The fourth-order valence-corrected chi connectivity index (χ4v) is 1.48. The molecule has 120 valence electrons. The second-order valence-electron chi connectivity index (χ2n) is 5.47. The van der Waals surface area contributed by atoms with Crippen LogP contribution in [0.5, 0.6) is 5.75 Å². The van der Waals surface area contributed by atoms with E-state index in [0.29, 0.717) is 0 Å². The van der Waals surface area contributed by atoms with Crippen LogP contribution in [0.15, 0.2) is 24.3 Å². The van der Waals surface area contributed by atoms with Gasteiger partial charge < -0.3 is 14.5 Å². The van der Waals surface area contributed by atoms with Crippen LogP contribution >= 0.6 is 0 Å². The molecule has 0 saturated heterocycles. The van der Waals surface area contributed by atoms with Crippen LogP contribution in [-0.2, 0) is 9.63 Å². The summed E-state index contributed by atoms with van der Waals surface area (Å²) in [5.41, 5.74) is -1.01. The molecule has 0 N–H and O–H groups in total. The van der Waals surface area contributed by atoms with E-state index >= 15 is 0 Å². The van der Waals surface area contributed by atoms with Crippen molar-refractivity contribution in [2.75, 3.05) is 20.7 Å². The molecular formula is C14H18N2O6. The lowest BCUT2D eigenvalue weighted by Gasteiger charge is -2.22. The minimum absolute atomic E-state index is 0.0976. The number of rotatable bonds is 6. The number of para-hydroxylation sites is 1. The number of carbonyl (C=O) groups excluding carboxylic acids is 2. The van der Waals surface area contributed by atoms with Gasteiger partial charge in [-0.25, -0.2) is 0 Å². The number of amides is 1. The van der Waals surface area contributed by atoms with Crippen LogP contribution < -0.4 is 4.74 Å². The molecule has 1 aromatic rings. The van der Waals surface area contributed by atoms with E-state index in [4.69, 9.17) is 4.74 Å². The third-order valence-corrected chi connectivity index (χ3v) is 2.81. The van der Waals surface area contributed by atoms with Crippen LogP contribution in [0.4, 0.5) is 0 Å². The SMILES string of the molecule is CN(C)C(=O)c1ccccc1OC(=O)C(C)(C)CO[N+](=O)[O-]. The zero-order valence-corrected chi connectivity index (χ0v) is 12.9. The molecule has 1 rings (SSSR count). The van der Waals surface area contributed by atoms with Gasteiger partial charge in [-0.1, -0.05) is 12.1 Å². The Kier molecular flexibility index (Phi) is 5.44. The third-order valence-electron chi connectivity index (χ3n) is 2.81. The largest absolute Gasteiger partial charge is 0.425 e. The van der Waals surface area contributed by atoms with Crippen molar-refractivity contribution in [3.8, 4) is 5.75 Å². The summed E-state index contributed by atoms with van der Waals surface area (Å²) in [6.45, 7) is 2.47. The van der Waals surface area contributed by atoms with Crippen molar-refractivity contribution < 1.29 is 24.3 Å². The number of ether oxygens (including phenoxy) is 1. The van der Waals surface area contributed by atoms with Gasteiger partial charge >= 0.3 is 5.97 Å². The van der Waals surface area contributed by atoms with Crippen LogP contribution in [0.25, 0.3) is 0 Å². The van der Waals surface area contributed by atoms with Crippen molar-refractivity contribution >= 4 is 11.9 Å². The van der Waals surface area contributed by atoms with Crippen molar-refractivity contribution in [3.05, 3.63) is 39.9 Å². The molecule has 0 aliphatic rings. The maximum absolute atomic E-state index is 12.1. The van der Waals surface area contributed by atoms with Crippen molar-refractivity contribution in [1.82, 2.24) is 4.90 Å². The summed E-state index contributed by atoms with van der Waals surface area (Å²) in [4.78, 5) is 40.0. The van der Waals surface area contributed by atoms with Crippen molar-refractivity contribution in [2.45, 2.75) is 13.8 Å². The Labute approximate surface area is 127 Å². The third kappa shape index (κ3) is 4.44. The summed E-state index contributed by atoms with van der Waals surface area (Å²) < 4.78 is 5.22. The molecule has 8 nitrogen and oxygen atoms in total. The molecule has 0 radical (unpaired) electrons. The molecule has 0 heterocycles. The maximum Gasteiger partial charge on any atom is 0.318 e. The van der Waals surface area contributed by atoms with E-state index in [1.165, 1.54) is 30.9 Å². The highest BCUT2D eigenvalue weighted by Crippen LogP contribution is 2.24. The second kappa shape index (κ2) is 6.88. The van der Waals surface area contributed by atoms with Crippen LogP contribution in [0, 0.1) is 15.5 Å². The predicted molar refractivity (Wildman–Crippen MR) is 76.8 cm³/mol. The standard InChI is InChI=1S/C14H18N2O6/c1-14(2,9-21-16(19)20)13(18)22-11-8-6-5-7-10(11)12(17)15(3)4/h5-8H,9H2,1-4H3. The first-order valence-electron chi connectivity index (χ1n) is 6.45. The Morgan fingerprint density at radius 2 is 1.86 bits per heavy atom. The van der Waals surface area contributed by atoms with Crippen LogP contribution in [0.3, 0.4) is 0 Å². The Morgan fingerprint density at radius 3 is 2.41 bits per heavy atom. The summed E-state index contributed by atoms with van der Waals surface area (Å²) >= 11 is 0. The predicted octanol–water partition coefficient (Wildman–Crippen LogP) is 1.53. The normalized spacial score (nSPS) is 10.7. The smallest absolute Gasteiger partial charge is 0.318 e. The van der Waals surface area contributed by atoms with E-state index in [9.17, 15) is 19.7 Å². The van der Waals surface area contributed by atoms with Crippen LogP contribution in [-0.4, -0.2) is 42.6 Å². The van der Waals surface area contributed by atoms with E-state index in [-0.39, 0.29) is 17.2 Å². The topological polar surface area (TPSA) is 99.0 Å². The Bertz CT molecular complexity index is 582. The van der Waals surface area contributed by atoms with Gasteiger partial charge in [-0.2, -0.15) is 0 Å². The highest BCUT2D eigenvalue weighted by atomic mass is 16.9. The highest BCUT2D eigenvalue weighted by Gasteiger charge is 2.32. The van der Waals surface area contributed by atoms with Gasteiger partial charge in [-0.05, 0) is 26.0 Å². The number of esters is 1. The van der Waals surface area contributed by atoms with Crippen LogP contribution in [0.1, 0.15) is 24.2 Å². The molecule has 0 spiro atoms. The molecule has 22 heavy (non-hydrogen) atoms. The lowest BCUT2D eigenvalue weighted by molar-refractivity contribution is -0.760. The van der Waals surface area contributed by atoms with Gasteiger partial charge in [0.25, 0.3) is 11.0 Å². The summed E-state index contributed by atoms with van der Waals surface area (Å²) in [7, 11) is 3.16. The molecule has 0 saturated carbocycles. The minimum Gasteiger partial charge on any atom is -0.425 e. The summed E-state index contributed by atoms with van der Waals surface area (Å²) in [6, 6.07) is 6.29. The average molecular weight is 310 g/mol. The van der Waals surface area contributed by atoms with Gasteiger partial charge in [0.2, 0.25) is 0 Å². The van der Waals surface area contributed by atoms with Gasteiger partial charge in [0.1, 0.15) is 12.4 Å². The Morgan fingerprint density at radius 1 is 1.27 bits per heavy atom. The number of hydrogen-bond acceptors (Lipinski definition) is 6. The fraction of sp³-hybridized carbons (Fsp3) is 0.429. The molecule has 0 unspecified atom stereocenters. The lowest BCUT2D eigenvalue weighted by atomic mass is 9.95. The maximum atomic E-state index is 12.1. The Balaban J connectivity index is 2.93. The van der Waals surface area contributed by atoms with E-state index in [1.807, 2.05) is 0 Å². The van der Waals surface area contributed by atoms with Gasteiger partial charge in [0.05, 0.1) is 11.0 Å². The van der Waals surface area contributed by atoms with Gasteiger partial charge in [0.15, 0.2) is 0 Å². The van der Waals surface area contributed by atoms with Gasteiger partial charge in [0, 0.05) is 14.1 Å². The van der Waals surface area contributed by atoms with Gasteiger partial charge in [-0.15, -0.1) is 10.1 Å². The van der Waals surface area contributed by atoms with E-state index in [2.05, 4.69) is 4.84 Å². The van der Waals surface area contributed by atoms with Crippen molar-refractivity contribution in [3.63, 3.8) is 0 Å². The summed E-state index contributed by atoms with van der Waals surface area (Å²) in [5, 5.41) is 9.25. The molecule has 1 aromatic carbocycles. The molecule has 8 heteroatoms. The molecule has 0 aliphatic heterocycles. The minimum atomic E-state index is -1.23. The molecule has 1 amide bonds. The average Bonchev–Trinajstić information content (AvgIpc) is 2.45. The first-order chi connectivity index (χ1) is 10.1. The number of carbonyl (C=O) groups is 2. The number of nitrogens with zero attached hydrogens (tertiary/aromatic N) is 2. The zero-order chi connectivity index (χ0) is 16.9. The van der Waals surface area contributed by atoms with E-state index in [1.54, 1.807) is 26.2 Å². The number of benzene rings is 1. The quantitative estimate of drug-likeness (QED) is 0.342. The monoisotopic (exact) mass is 310 g/mol. The van der Waals surface area contributed by atoms with Crippen molar-refractivity contribution in [1.29, 1.82) is 0 Å². The summed E-state index contributed by atoms with van der Waals surface area (Å²) in [6.07, 6.45) is 0. The molecule has 0 fully saturated rings. The Hall–Kier alpha value is -2.64. The number of hydrogen-bond donors (Lipinski definition) is 0. The molecule has 0 bridgehead atoms. The second-order valence-corrected chi connectivity index (χ2v) is 5.47. The molecule has 0 aliphatic carbocycles. The lowest BCUT2D eigenvalue weighted by Crippen LogP contribution is -2.35. The first kappa shape index (κ1) is 17.4. The fourth-order valence-electron chi connectivity index (χ4n) is 1.48. The van der Waals surface area contributed by atoms with E-state index < -0.39 is 23.1 Å². The highest BCUT2D eigenvalue weighted by molar-refractivity contribution is 5.97. The first-order valence-corrected chi connectivity index (χ1v) is 6.45. The molecule has 0 aromatic heterocycles. The van der Waals surface area contributed by atoms with Crippen molar-refractivity contribution in [2.24, 2.45) is 5.41 Å². The van der Waals surface area contributed by atoms with Crippen LogP contribution in [0.2, 0.25) is 0 Å². The summed E-state index contributed by atoms with van der Waals surface area (Å²) in [5.74, 6) is -0.948. The van der Waals surface area contributed by atoms with Gasteiger partial charge in [-0.3, -0.25) is 9.59 Å². The zero-order valence-electron chi connectivity index (χ0n) is 12.9.